The minimum Gasteiger partial charge on any atom is -0.340 e. The van der Waals surface area contributed by atoms with E-state index in [0.717, 1.165) is 0 Å². The van der Waals surface area contributed by atoms with Crippen molar-refractivity contribution in [1.29, 1.82) is 0 Å². The molecule has 0 aliphatic rings. The molecule has 0 saturated heterocycles. The van der Waals surface area contributed by atoms with Crippen LogP contribution in [0.4, 0.5) is 0 Å². The molecule has 0 spiro atoms. The van der Waals surface area contributed by atoms with E-state index in [1.54, 1.807) is 54.6 Å². The summed E-state index contributed by atoms with van der Waals surface area (Å²) in [5.74, 6) is -1.32. The van der Waals surface area contributed by atoms with Gasteiger partial charge in [-0.25, -0.2) is 0 Å². The summed E-state index contributed by atoms with van der Waals surface area (Å²) >= 11 is 0. The highest BCUT2D eigenvalue weighted by molar-refractivity contribution is 5.99. The number of amides is 3. The average Bonchev–Trinajstić information content (AvgIpc) is 2.70. The van der Waals surface area contributed by atoms with Crippen molar-refractivity contribution < 1.29 is 14.4 Å². The molecule has 3 N–H and O–H groups in total. The normalized spacial score (nSPS) is 12.5. The summed E-state index contributed by atoms with van der Waals surface area (Å²) in [6.07, 6.45) is 0.694. The zero-order chi connectivity index (χ0) is 18.9. The van der Waals surface area contributed by atoms with Gasteiger partial charge >= 0.3 is 0 Å². The minimum absolute atomic E-state index is 0.101. The van der Waals surface area contributed by atoms with Gasteiger partial charge in [0.05, 0.1) is 0 Å². The molecular weight excluding hydrogens is 330 g/mol. The van der Waals surface area contributed by atoms with E-state index in [-0.39, 0.29) is 11.8 Å². The van der Waals surface area contributed by atoms with Crippen LogP contribution in [0.1, 0.15) is 41.0 Å². The van der Waals surface area contributed by atoms with Gasteiger partial charge in [0.1, 0.15) is 6.04 Å². The zero-order valence-electron chi connectivity index (χ0n) is 14.9. The van der Waals surface area contributed by atoms with Crippen LogP contribution in [-0.2, 0) is 4.79 Å². The monoisotopic (exact) mass is 353 g/mol. The van der Waals surface area contributed by atoms with Gasteiger partial charge in [0.2, 0.25) is 0 Å². The van der Waals surface area contributed by atoms with Crippen LogP contribution in [0.15, 0.2) is 60.7 Å². The lowest BCUT2D eigenvalue weighted by Gasteiger charge is -2.23. The molecule has 2 aromatic rings. The molecule has 2 aromatic carbocycles. The standard InChI is InChI=1S/C20H23N3O3/c1-3-14(2)17(21-18(24)15-10-6-4-7-11-15)20(26)23-22-19(25)16-12-8-5-9-13-16/h4-14,17H,3H2,1-2H3,(H,21,24)(H,22,25)(H,23,26)/t14-,17-/m0/s1. The summed E-state index contributed by atoms with van der Waals surface area (Å²) in [6, 6.07) is 16.5. The van der Waals surface area contributed by atoms with Crippen LogP contribution < -0.4 is 16.2 Å². The van der Waals surface area contributed by atoms with Gasteiger partial charge in [0, 0.05) is 11.1 Å². The third-order valence-corrected chi connectivity index (χ3v) is 4.15. The van der Waals surface area contributed by atoms with Crippen molar-refractivity contribution in [2.45, 2.75) is 26.3 Å². The highest BCUT2D eigenvalue weighted by atomic mass is 16.2. The second-order valence-corrected chi connectivity index (χ2v) is 6.01. The maximum absolute atomic E-state index is 12.5. The van der Waals surface area contributed by atoms with E-state index in [2.05, 4.69) is 16.2 Å². The predicted molar refractivity (Wildman–Crippen MR) is 99.2 cm³/mol. The summed E-state index contributed by atoms with van der Waals surface area (Å²) in [6.45, 7) is 3.80. The third-order valence-electron chi connectivity index (χ3n) is 4.15. The predicted octanol–water partition coefficient (Wildman–Crippen LogP) is 2.29. The molecule has 6 nitrogen and oxygen atoms in total. The molecule has 0 fully saturated rings. The second kappa shape index (κ2) is 9.36. The number of hydrogen-bond donors (Lipinski definition) is 3. The van der Waals surface area contributed by atoms with Crippen molar-refractivity contribution in [3.63, 3.8) is 0 Å². The molecule has 0 radical (unpaired) electrons. The van der Waals surface area contributed by atoms with Crippen molar-refractivity contribution in [1.82, 2.24) is 16.2 Å². The van der Waals surface area contributed by atoms with Gasteiger partial charge in [0.15, 0.2) is 0 Å². The summed E-state index contributed by atoms with van der Waals surface area (Å²) in [5, 5.41) is 2.74. The fraction of sp³-hybridized carbons (Fsp3) is 0.250. The van der Waals surface area contributed by atoms with Crippen LogP contribution in [-0.4, -0.2) is 23.8 Å². The maximum atomic E-state index is 12.5. The molecule has 0 saturated carbocycles. The van der Waals surface area contributed by atoms with Crippen LogP contribution in [0.2, 0.25) is 0 Å². The molecule has 0 aliphatic heterocycles. The summed E-state index contributed by atoms with van der Waals surface area (Å²) in [4.78, 5) is 36.9. The molecular formula is C20H23N3O3. The number of hydrazine groups is 1. The number of hydrogen-bond acceptors (Lipinski definition) is 3. The number of rotatable bonds is 6. The zero-order valence-corrected chi connectivity index (χ0v) is 14.9. The molecule has 0 bridgehead atoms. The lowest BCUT2D eigenvalue weighted by molar-refractivity contribution is -0.124. The Hall–Kier alpha value is -3.15. The maximum Gasteiger partial charge on any atom is 0.269 e. The van der Waals surface area contributed by atoms with E-state index in [9.17, 15) is 14.4 Å². The van der Waals surface area contributed by atoms with E-state index >= 15 is 0 Å². The van der Waals surface area contributed by atoms with E-state index in [1.165, 1.54) is 0 Å². The lowest BCUT2D eigenvalue weighted by Crippen LogP contribution is -2.54. The van der Waals surface area contributed by atoms with Crippen molar-refractivity contribution in [2.24, 2.45) is 5.92 Å². The van der Waals surface area contributed by atoms with E-state index < -0.39 is 17.9 Å². The van der Waals surface area contributed by atoms with Gasteiger partial charge in [-0.05, 0) is 30.2 Å². The third kappa shape index (κ3) is 5.17. The molecule has 0 heterocycles. The number of nitrogens with one attached hydrogen (secondary N) is 3. The first-order chi connectivity index (χ1) is 12.5. The van der Waals surface area contributed by atoms with Gasteiger partial charge in [-0.15, -0.1) is 0 Å². The Morgan fingerprint density at radius 1 is 0.808 bits per heavy atom. The Balaban J connectivity index is 2.00. The summed E-state index contributed by atoms with van der Waals surface area (Å²) < 4.78 is 0. The van der Waals surface area contributed by atoms with E-state index in [1.807, 2.05) is 19.9 Å². The van der Waals surface area contributed by atoms with Crippen LogP contribution in [0.3, 0.4) is 0 Å². The Bertz CT molecular complexity index is 747. The molecule has 136 valence electrons. The Labute approximate surface area is 153 Å². The SMILES string of the molecule is CC[C@H](C)[C@H](NC(=O)c1ccccc1)C(=O)NNC(=O)c1ccccc1. The van der Waals surface area contributed by atoms with Crippen LogP contribution >= 0.6 is 0 Å². The highest BCUT2D eigenvalue weighted by Gasteiger charge is 2.26. The first kappa shape index (κ1) is 19.2. The van der Waals surface area contributed by atoms with E-state index in [4.69, 9.17) is 0 Å². The number of carbonyl (C=O) groups excluding carboxylic acids is 3. The molecule has 3 amide bonds. The highest BCUT2D eigenvalue weighted by Crippen LogP contribution is 2.09. The fourth-order valence-electron chi connectivity index (χ4n) is 2.37. The van der Waals surface area contributed by atoms with Crippen molar-refractivity contribution in [3.05, 3.63) is 71.8 Å². The summed E-state index contributed by atoms with van der Waals surface area (Å²) in [5.41, 5.74) is 5.69. The molecule has 6 heteroatoms. The summed E-state index contributed by atoms with van der Waals surface area (Å²) in [7, 11) is 0. The van der Waals surface area contributed by atoms with Gasteiger partial charge < -0.3 is 5.32 Å². The smallest absolute Gasteiger partial charge is 0.269 e. The number of carbonyl (C=O) groups is 3. The largest absolute Gasteiger partial charge is 0.340 e. The van der Waals surface area contributed by atoms with Gasteiger partial charge in [-0.3, -0.25) is 25.2 Å². The van der Waals surface area contributed by atoms with Gasteiger partial charge in [-0.2, -0.15) is 0 Å². The first-order valence-electron chi connectivity index (χ1n) is 8.54. The van der Waals surface area contributed by atoms with Crippen LogP contribution in [0, 0.1) is 5.92 Å². The average molecular weight is 353 g/mol. The van der Waals surface area contributed by atoms with Crippen molar-refractivity contribution >= 4 is 17.7 Å². The molecule has 0 unspecified atom stereocenters. The minimum atomic E-state index is -0.760. The molecule has 2 atom stereocenters. The topological polar surface area (TPSA) is 87.3 Å². The Morgan fingerprint density at radius 2 is 1.31 bits per heavy atom. The fourth-order valence-corrected chi connectivity index (χ4v) is 2.37. The molecule has 0 aromatic heterocycles. The first-order valence-corrected chi connectivity index (χ1v) is 8.54. The van der Waals surface area contributed by atoms with E-state index in [0.29, 0.717) is 17.5 Å². The molecule has 0 aliphatic carbocycles. The Kier molecular flexibility index (Phi) is 6.91. The van der Waals surface area contributed by atoms with Crippen LogP contribution in [0.5, 0.6) is 0 Å². The molecule has 2 rings (SSSR count). The Morgan fingerprint density at radius 3 is 1.81 bits per heavy atom. The molecule has 26 heavy (non-hydrogen) atoms. The quantitative estimate of drug-likeness (QED) is 0.696. The van der Waals surface area contributed by atoms with Crippen molar-refractivity contribution in [3.8, 4) is 0 Å². The lowest BCUT2D eigenvalue weighted by atomic mass is 9.98. The second-order valence-electron chi connectivity index (χ2n) is 6.01. The van der Waals surface area contributed by atoms with Gasteiger partial charge in [-0.1, -0.05) is 56.7 Å². The van der Waals surface area contributed by atoms with Crippen LogP contribution in [0.25, 0.3) is 0 Å². The number of benzene rings is 2. The van der Waals surface area contributed by atoms with Gasteiger partial charge in [0.25, 0.3) is 17.7 Å². The van der Waals surface area contributed by atoms with Crippen molar-refractivity contribution in [2.75, 3.05) is 0 Å².